The zero-order valence-corrected chi connectivity index (χ0v) is 14.3. The molecule has 3 aliphatic rings. The number of carbonyl (C=O) groups is 1. The number of carbonyl (C=O) groups excluding carboxylic acids is 1. The van der Waals surface area contributed by atoms with E-state index in [0.717, 1.165) is 32.6 Å². The number of amides is 1. The van der Waals surface area contributed by atoms with E-state index in [1.165, 1.54) is 19.3 Å². The van der Waals surface area contributed by atoms with Crippen LogP contribution in [0.25, 0.3) is 0 Å². The average molecular weight is 317 g/mol. The van der Waals surface area contributed by atoms with Crippen molar-refractivity contribution in [2.24, 2.45) is 11.3 Å². The Morgan fingerprint density at radius 2 is 2.10 bits per heavy atom. The molecule has 2 saturated heterocycles. The maximum absolute atomic E-state index is 13.2. The van der Waals surface area contributed by atoms with Gasteiger partial charge < -0.3 is 15.0 Å². The lowest BCUT2D eigenvalue weighted by Gasteiger charge is -2.47. The summed E-state index contributed by atoms with van der Waals surface area (Å²) in [6.45, 7) is 9.63. The van der Waals surface area contributed by atoms with Crippen LogP contribution in [-0.4, -0.2) is 48.7 Å². The molecule has 3 rings (SSSR count). The van der Waals surface area contributed by atoms with Crippen molar-refractivity contribution in [1.82, 2.24) is 10.2 Å². The van der Waals surface area contributed by atoms with Crippen LogP contribution in [0.15, 0.2) is 0 Å². The Balaban J connectivity index is 0.00000161. The summed E-state index contributed by atoms with van der Waals surface area (Å²) in [5, 5.41) is 3.48. The third kappa shape index (κ3) is 3.08. The summed E-state index contributed by atoms with van der Waals surface area (Å²) in [4.78, 5) is 15.3. The quantitative estimate of drug-likeness (QED) is 0.806. The fraction of sp³-hybridized carbons (Fsp3) is 0.938. The molecule has 0 radical (unpaired) electrons. The smallest absolute Gasteiger partial charge is 0.230 e. The molecular weight excluding hydrogens is 288 g/mol. The van der Waals surface area contributed by atoms with Crippen molar-refractivity contribution in [2.45, 2.75) is 58.2 Å². The van der Waals surface area contributed by atoms with Gasteiger partial charge >= 0.3 is 0 Å². The van der Waals surface area contributed by atoms with Gasteiger partial charge in [-0.05, 0) is 46.1 Å². The Bertz CT molecular complexity index is 402. The second-order valence-electron chi connectivity index (χ2n) is 7.60. The van der Waals surface area contributed by atoms with Gasteiger partial charge in [0.25, 0.3) is 0 Å². The Labute approximate surface area is 134 Å². The van der Waals surface area contributed by atoms with E-state index in [9.17, 15) is 4.79 Å². The number of hydrogen-bond acceptors (Lipinski definition) is 3. The first-order valence-electron chi connectivity index (χ1n) is 8.11. The summed E-state index contributed by atoms with van der Waals surface area (Å²) >= 11 is 0. The molecule has 3 fully saturated rings. The second kappa shape index (κ2) is 6.05. The Kier molecular flexibility index (Phi) is 4.91. The SMILES string of the molecule is CC1CN(C(=O)[C@@]23CCCC[C@H]2CNC3)CC(C)(C)O1.Cl. The predicted molar refractivity (Wildman–Crippen MR) is 85.7 cm³/mol. The number of rotatable bonds is 1. The normalized spacial score (nSPS) is 38.5. The van der Waals surface area contributed by atoms with Crippen molar-refractivity contribution in [3.05, 3.63) is 0 Å². The van der Waals surface area contributed by atoms with Crippen LogP contribution < -0.4 is 5.32 Å². The van der Waals surface area contributed by atoms with E-state index in [1.807, 2.05) is 0 Å². The van der Waals surface area contributed by atoms with Gasteiger partial charge in [-0.2, -0.15) is 0 Å². The fourth-order valence-corrected chi connectivity index (χ4v) is 4.59. The van der Waals surface area contributed by atoms with Crippen LogP contribution in [0, 0.1) is 11.3 Å². The van der Waals surface area contributed by atoms with Gasteiger partial charge in [-0.25, -0.2) is 0 Å². The zero-order chi connectivity index (χ0) is 14.4. The summed E-state index contributed by atoms with van der Waals surface area (Å²) < 4.78 is 5.94. The predicted octanol–water partition coefficient (Wildman–Crippen LogP) is 2.21. The van der Waals surface area contributed by atoms with Crippen LogP contribution in [0.4, 0.5) is 0 Å². The molecule has 1 amide bonds. The molecule has 4 nitrogen and oxygen atoms in total. The van der Waals surface area contributed by atoms with Gasteiger partial charge in [0, 0.05) is 19.6 Å². The second-order valence-corrected chi connectivity index (χ2v) is 7.60. The van der Waals surface area contributed by atoms with Crippen LogP contribution in [0.1, 0.15) is 46.5 Å². The molecule has 0 spiro atoms. The molecule has 0 aromatic rings. The molecule has 2 heterocycles. The van der Waals surface area contributed by atoms with Crippen LogP contribution in [0.5, 0.6) is 0 Å². The lowest BCUT2D eigenvalue weighted by molar-refractivity contribution is -0.169. The molecule has 1 saturated carbocycles. The topological polar surface area (TPSA) is 41.6 Å². The zero-order valence-electron chi connectivity index (χ0n) is 13.5. The highest BCUT2D eigenvalue weighted by Crippen LogP contribution is 2.45. The summed E-state index contributed by atoms with van der Waals surface area (Å²) in [7, 11) is 0. The van der Waals surface area contributed by atoms with Gasteiger partial charge in [-0.15, -0.1) is 12.4 Å². The number of nitrogens with one attached hydrogen (secondary N) is 1. The van der Waals surface area contributed by atoms with Gasteiger partial charge in [0.05, 0.1) is 17.1 Å². The van der Waals surface area contributed by atoms with E-state index in [-0.39, 0.29) is 29.5 Å². The molecular formula is C16H29ClN2O2. The number of nitrogens with zero attached hydrogens (tertiary/aromatic N) is 1. The lowest BCUT2D eigenvalue weighted by Crippen LogP contribution is -2.59. The highest BCUT2D eigenvalue weighted by molar-refractivity contribution is 5.85. The van der Waals surface area contributed by atoms with E-state index >= 15 is 0 Å². The van der Waals surface area contributed by atoms with E-state index in [4.69, 9.17) is 4.74 Å². The van der Waals surface area contributed by atoms with Gasteiger partial charge in [-0.3, -0.25) is 4.79 Å². The third-order valence-electron chi connectivity index (χ3n) is 5.32. The van der Waals surface area contributed by atoms with E-state index in [1.54, 1.807) is 0 Å². The first-order valence-corrected chi connectivity index (χ1v) is 8.11. The average Bonchev–Trinajstić information content (AvgIpc) is 2.80. The van der Waals surface area contributed by atoms with Crippen molar-refractivity contribution in [2.75, 3.05) is 26.2 Å². The molecule has 2 aliphatic heterocycles. The molecule has 0 aromatic heterocycles. The van der Waals surface area contributed by atoms with Crippen molar-refractivity contribution in [3.63, 3.8) is 0 Å². The van der Waals surface area contributed by atoms with Gasteiger partial charge in [0.1, 0.15) is 0 Å². The van der Waals surface area contributed by atoms with Crippen LogP contribution in [0.3, 0.4) is 0 Å². The Morgan fingerprint density at radius 3 is 2.81 bits per heavy atom. The highest BCUT2D eigenvalue weighted by atomic mass is 35.5. The van der Waals surface area contributed by atoms with Crippen LogP contribution in [-0.2, 0) is 9.53 Å². The summed E-state index contributed by atoms with van der Waals surface area (Å²) in [6, 6.07) is 0. The number of morpholine rings is 1. The third-order valence-corrected chi connectivity index (χ3v) is 5.32. The summed E-state index contributed by atoms with van der Waals surface area (Å²) in [5.74, 6) is 0.931. The van der Waals surface area contributed by atoms with E-state index in [2.05, 4.69) is 31.0 Å². The number of halogens is 1. The van der Waals surface area contributed by atoms with Crippen LogP contribution in [0.2, 0.25) is 0 Å². The van der Waals surface area contributed by atoms with E-state index < -0.39 is 0 Å². The lowest BCUT2D eigenvalue weighted by atomic mass is 9.67. The molecule has 5 heteroatoms. The van der Waals surface area contributed by atoms with Crippen molar-refractivity contribution >= 4 is 18.3 Å². The van der Waals surface area contributed by atoms with Gasteiger partial charge in [0.15, 0.2) is 0 Å². The van der Waals surface area contributed by atoms with Gasteiger partial charge in [-0.1, -0.05) is 12.8 Å². The molecule has 0 bridgehead atoms. The Morgan fingerprint density at radius 1 is 1.33 bits per heavy atom. The summed E-state index contributed by atoms with van der Waals surface area (Å²) in [5.41, 5.74) is -0.342. The Hall–Kier alpha value is -0.320. The van der Waals surface area contributed by atoms with Crippen molar-refractivity contribution in [3.8, 4) is 0 Å². The van der Waals surface area contributed by atoms with Crippen molar-refractivity contribution < 1.29 is 9.53 Å². The molecule has 122 valence electrons. The summed E-state index contributed by atoms with van der Waals surface area (Å²) in [6.07, 6.45) is 4.90. The maximum Gasteiger partial charge on any atom is 0.230 e. The minimum atomic E-state index is -0.222. The molecule has 1 unspecified atom stereocenters. The fourth-order valence-electron chi connectivity index (χ4n) is 4.59. The highest BCUT2D eigenvalue weighted by Gasteiger charge is 2.52. The van der Waals surface area contributed by atoms with E-state index in [0.29, 0.717) is 11.8 Å². The number of ether oxygens (including phenoxy) is 1. The number of hydrogen-bond donors (Lipinski definition) is 1. The molecule has 3 atom stereocenters. The minimum Gasteiger partial charge on any atom is -0.369 e. The number of fused-ring (bicyclic) bond motifs is 1. The molecule has 1 aliphatic carbocycles. The first-order chi connectivity index (χ1) is 9.43. The van der Waals surface area contributed by atoms with Crippen molar-refractivity contribution in [1.29, 1.82) is 0 Å². The standard InChI is InChI=1S/C16H28N2O2.ClH/c1-12-9-18(11-15(2,3)20-12)14(19)16-7-5-4-6-13(16)8-17-10-16;/h12-13,17H,4-11H2,1-3H3;1H/t12?,13-,16+;/m0./s1. The minimum absolute atomic E-state index is 0. The van der Waals surface area contributed by atoms with Crippen LogP contribution >= 0.6 is 12.4 Å². The first kappa shape index (κ1) is 17.0. The maximum atomic E-state index is 13.2. The molecule has 0 aromatic carbocycles. The van der Waals surface area contributed by atoms with Gasteiger partial charge in [0.2, 0.25) is 5.91 Å². The monoisotopic (exact) mass is 316 g/mol. The molecule has 1 N–H and O–H groups in total. The molecule has 21 heavy (non-hydrogen) atoms. The largest absolute Gasteiger partial charge is 0.369 e.